The highest BCUT2D eigenvalue weighted by Gasteiger charge is 2.18. The first kappa shape index (κ1) is 24.3. The molecular formula is C25H29N3O4S. The van der Waals surface area contributed by atoms with E-state index in [0.29, 0.717) is 18.0 Å². The SMILES string of the molecule is CCN(C)Cc1cccc(CNC(=O)c2cccc(S(=O)(=O)Nc3ccccc3OC)c2)c1. The van der Waals surface area contributed by atoms with Crippen molar-refractivity contribution in [2.75, 3.05) is 25.4 Å². The fraction of sp³-hybridized carbons (Fsp3) is 0.240. The molecule has 0 aliphatic rings. The lowest BCUT2D eigenvalue weighted by Crippen LogP contribution is -2.23. The van der Waals surface area contributed by atoms with Gasteiger partial charge < -0.3 is 15.0 Å². The molecular weight excluding hydrogens is 438 g/mol. The second-order valence-corrected chi connectivity index (χ2v) is 9.35. The lowest BCUT2D eigenvalue weighted by molar-refractivity contribution is 0.0950. The Morgan fingerprint density at radius 1 is 0.970 bits per heavy atom. The van der Waals surface area contributed by atoms with Crippen molar-refractivity contribution < 1.29 is 17.9 Å². The summed E-state index contributed by atoms with van der Waals surface area (Å²) in [4.78, 5) is 14.9. The van der Waals surface area contributed by atoms with E-state index < -0.39 is 10.0 Å². The molecule has 3 aromatic carbocycles. The highest BCUT2D eigenvalue weighted by molar-refractivity contribution is 7.92. The maximum absolute atomic E-state index is 12.9. The molecule has 0 radical (unpaired) electrons. The van der Waals surface area contributed by atoms with Gasteiger partial charge in [-0.25, -0.2) is 8.42 Å². The van der Waals surface area contributed by atoms with Crippen LogP contribution in [0.2, 0.25) is 0 Å². The van der Waals surface area contributed by atoms with E-state index in [2.05, 4.69) is 41.0 Å². The second kappa shape index (κ2) is 11.0. The number of amides is 1. The van der Waals surface area contributed by atoms with Gasteiger partial charge in [-0.1, -0.05) is 49.4 Å². The Labute approximate surface area is 195 Å². The van der Waals surface area contributed by atoms with Crippen LogP contribution in [0.5, 0.6) is 5.75 Å². The molecule has 1 amide bonds. The topological polar surface area (TPSA) is 87.7 Å². The number of benzene rings is 3. The molecule has 0 atom stereocenters. The monoisotopic (exact) mass is 467 g/mol. The van der Waals surface area contributed by atoms with Crippen LogP contribution < -0.4 is 14.8 Å². The number of hydrogen-bond acceptors (Lipinski definition) is 5. The molecule has 2 N–H and O–H groups in total. The predicted molar refractivity (Wildman–Crippen MR) is 130 cm³/mol. The summed E-state index contributed by atoms with van der Waals surface area (Å²) in [6, 6.07) is 20.7. The van der Waals surface area contributed by atoms with Crippen molar-refractivity contribution >= 4 is 21.6 Å². The molecule has 3 aromatic rings. The zero-order valence-electron chi connectivity index (χ0n) is 19.0. The van der Waals surface area contributed by atoms with E-state index in [-0.39, 0.29) is 16.4 Å². The van der Waals surface area contributed by atoms with Gasteiger partial charge in [0.1, 0.15) is 5.75 Å². The van der Waals surface area contributed by atoms with Crippen LogP contribution in [-0.2, 0) is 23.1 Å². The molecule has 0 heterocycles. The molecule has 0 bridgehead atoms. The third-order valence-electron chi connectivity index (χ3n) is 5.19. The molecule has 3 rings (SSSR count). The van der Waals surface area contributed by atoms with Crippen LogP contribution in [0.15, 0.2) is 77.7 Å². The molecule has 0 fully saturated rings. The number of hydrogen-bond donors (Lipinski definition) is 2. The molecule has 0 aliphatic carbocycles. The number of para-hydroxylation sites is 2. The van der Waals surface area contributed by atoms with Gasteiger partial charge in [0.15, 0.2) is 0 Å². The smallest absolute Gasteiger partial charge is 0.262 e. The molecule has 0 saturated heterocycles. The number of nitrogens with zero attached hydrogens (tertiary/aromatic N) is 1. The van der Waals surface area contributed by atoms with E-state index in [4.69, 9.17) is 4.74 Å². The van der Waals surface area contributed by atoms with Gasteiger partial charge in [0.05, 0.1) is 17.7 Å². The van der Waals surface area contributed by atoms with Crippen LogP contribution in [0.3, 0.4) is 0 Å². The van der Waals surface area contributed by atoms with Crippen LogP contribution in [-0.4, -0.2) is 39.9 Å². The van der Waals surface area contributed by atoms with Gasteiger partial charge in [0, 0.05) is 18.7 Å². The quantitative estimate of drug-likeness (QED) is 0.473. The van der Waals surface area contributed by atoms with Gasteiger partial charge in [-0.2, -0.15) is 0 Å². The summed E-state index contributed by atoms with van der Waals surface area (Å²) < 4.78 is 33.5. The number of anilines is 1. The molecule has 0 saturated carbocycles. The van der Waals surface area contributed by atoms with Crippen molar-refractivity contribution in [3.05, 3.63) is 89.5 Å². The minimum absolute atomic E-state index is 0.00865. The highest BCUT2D eigenvalue weighted by Crippen LogP contribution is 2.26. The maximum atomic E-state index is 12.9. The summed E-state index contributed by atoms with van der Waals surface area (Å²) in [6.45, 7) is 4.23. The molecule has 8 heteroatoms. The number of nitrogens with one attached hydrogen (secondary N) is 2. The van der Waals surface area contributed by atoms with Crippen LogP contribution in [0.4, 0.5) is 5.69 Å². The Balaban J connectivity index is 1.70. The van der Waals surface area contributed by atoms with Gasteiger partial charge in [-0.15, -0.1) is 0 Å². The Morgan fingerprint density at radius 3 is 2.45 bits per heavy atom. The van der Waals surface area contributed by atoms with Crippen molar-refractivity contribution in [2.24, 2.45) is 0 Å². The average Bonchev–Trinajstić information content (AvgIpc) is 2.83. The zero-order valence-corrected chi connectivity index (χ0v) is 19.9. The summed E-state index contributed by atoms with van der Waals surface area (Å²) in [5.41, 5.74) is 2.73. The molecule has 0 unspecified atom stereocenters. The number of carbonyl (C=O) groups excluding carboxylic acids is 1. The molecule has 174 valence electrons. The van der Waals surface area contributed by atoms with Crippen molar-refractivity contribution in [3.63, 3.8) is 0 Å². The molecule has 33 heavy (non-hydrogen) atoms. The molecule has 7 nitrogen and oxygen atoms in total. The molecule has 0 aromatic heterocycles. The van der Waals surface area contributed by atoms with E-state index >= 15 is 0 Å². The van der Waals surface area contributed by atoms with Crippen molar-refractivity contribution in [2.45, 2.75) is 24.9 Å². The summed E-state index contributed by atoms with van der Waals surface area (Å²) in [6.07, 6.45) is 0. The van der Waals surface area contributed by atoms with Crippen LogP contribution >= 0.6 is 0 Å². The fourth-order valence-electron chi connectivity index (χ4n) is 3.28. The van der Waals surface area contributed by atoms with Gasteiger partial charge in [0.2, 0.25) is 0 Å². The predicted octanol–water partition coefficient (Wildman–Crippen LogP) is 3.88. The largest absolute Gasteiger partial charge is 0.495 e. The minimum Gasteiger partial charge on any atom is -0.495 e. The Hall–Kier alpha value is -3.36. The second-order valence-electron chi connectivity index (χ2n) is 7.67. The van der Waals surface area contributed by atoms with Gasteiger partial charge in [-0.3, -0.25) is 9.52 Å². The molecule has 0 aliphatic heterocycles. The number of sulfonamides is 1. The van der Waals surface area contributed by atoms with E-state index in [9.17, 15) is 13.2 Å². The standard InChI is InChI=1S/C25H29N3O4S/c1-4-28(2)18-20-10-7-9-19(15-20)17-26-25(29)21-11-8-12-22(16-21)33(30,31)27-23-13-5-6-14-24(23)32-3/h5-16,27H,4,17-18H2,1-3H3,(H,26,29). The normalized spacial score (nSPS) is 11.3. The van der Waals surface area contributed by atoms with Crippen molar-refractivity contribution in [3.8, 4) is 5.75 Å². The van der Waals surface area contributed by atoms with E-state index in [0.717, 1.165) is 18.7 Å². The summed E-state index contributed by atoms with van der Waals surface area (Å²) in [5, 5.41) is 2.87. The lowest BCUT2D eigenvalue weighted by Gasteiger charge is -2.14. The first-order valence-electron chi connectivity index (χ1n) is 10.6. The van der Waals surface area contributed by atoms with Crippen molar-refractivity contribution in [1.82, 2.24) is 10.2 Å². The van der Waals surface area contributed by atoms with Gasteiger partial charge in [-0.05, 0) is 55.1 Å². The Morgan fingerprint density at radius 2 is 1.70 bits per heavy atom. The minimum atomic E-state index is -3.90. The summed E-state index contributed by atoms with van der Waals surface area (Å²) in [5.74, 6) is 0.0581. The number of ether oxygens (including phenoxy) is 1. The first-order valence-corrected chi connectivity index (χ1v) is 12.1. The van der Waals surface area contributed by atoms with Gasteiger partial charge >= 0.3 is 0 Å². The van der Waals surface area contributed by atoms with E-state index in [1.165, 1.54) is 24.8 Å². The van der Waals surface area contributed by atoms with Crippen LogP contribution in [0.25, 0.3) is 0 Å². The average molecular weight is 468 g/mol. The van der Waals surface area contributed by atoms with Crippen molar-refractivity contribution in [1.29, 1.82) is 0 Å². The summed E-state index contributed by atoms with van der Waals surface area (Å²) in [7, 11) is -0.382. The number of carbonyl (C=O) groups is 1. The highest BCUT2D eigenvalue weighted by atomic mass is 32.2. The van der Waals surface area contributed by atoms with Gasteiger partial charge in [0.25, 0.3) is 15.9 Å². The zero-order chi connectivity index (χ0) is 23.8. The van der Waals surface area contributed by atoms with Crippen LogP contribution in [0, 0.1) is 0 Å². The Kier molecular flexibility index (Phi) is 8.08. The number of methoxy groups -OCH3 is 1. The van der Waals surface area contributed by atoms with Crippen LogP contribution in [0.1, 0.15) is 28.4 Å². The Bertz CT molecular complexity index is 1210. The maximum Gasteiger partial charge on any atom is 0.262 e. The van der Waals surface area contributed by atoms with E-state index in [1.807, 2.05) is 12.1 Å². The van der Waals surface area contributed by atoms with E-state index in [1.54, 1.807) is 36.4 Å². The number of rotatable bonds is 10. The molecule has 0 spiro atoms. The lowest BCUT2D eigenvalue weighted by atomic mass is 10.1. The first-order chi connectivity index (χ1) is 15.8. The third-order valence-corrected chi connectivity index (χ3v) is 6.56. The third kappa shape index (κ3) is 6.57. The fourth-order valence-corrected chi connectivity index (χ4v) is 4.40. The summed E-state index contributed by atoms with van der Waals surface area (Å²) >= 11 is 0.